The van der Waals surface area contributed by atoms with Gasteiger partial charge in [-0.1, -0.05) is 70.2 Å². The number of imidazole rings is 1. The normalized spacial score (nSPS) is 12.6. The molecule has 7 nitrogen and oxygen atoms in total. The second-order valence-electron chi connectivity index (χ2n) is 9.13. The number of anilines is 1. The molecule has 2 aromatic carbocycles. The third kappa shape index (κ3) is 5.39. The third-order valence-electron chi connectivity index (χ3n) is 6.95. The molecule has 3 heterocycles. The monoisotopic (exact) mass is 524 g/mol. The van der Waals surface area contributed by atoms with Crippen LogP contribution in [0.3, 0.4) is 0 Å². The van der Waals surface area contributed by atoms with Crippen LogP contribution in [0.5, 0.6) is 5.75 Å². The molecule has 7 heteroatoms. The Morgan fingerprint density at radius 2 is 1.69 bits per heavy atom. The van der Waals surface area contributed by atoms with Gasteiger partial charge in [0.1, 0.15) is 11.3 Å². The highest BCUT2D eigenvalue weighted by molar-refractivity contribution is 5.99. The Labute approximate surface area is 231 Å². The minimum absolute atomic E-state index is 0.420. The first-order chi connectivity index (χ1) is 19.1. The van der Waals surface area contributed by atoms with Gasteiger partial charge in [0.25, 0.3) is 0 Å². The van der Waals surface area contributed by atoms with Crippen molar-refractivity contribution in [2.75, 3.05) is 12.4 Å². The number of aromatic nitrogens is 5. The summed E-state index contributed by atoms with van der Waals surface area (Å²) in [5.74, 6) is 3.03. The summed E-state index contributed by atoms with van der Waals surface area (Å²) in [5, 5.41) is 8.67. The number of hydrogen-bond acceptors (Lipinski definition) is 5. The van der Waals surface area contributed by atoms with E-state index < -0.39 is 0 Å². The Hall–Kier alpha value is -4.13. The largest absolute Gasteiger partial charge is 0.496 e. The van der Waals surface area contributed by atoms with E-state index in [9.17, 15) is 0 Å². The highest BCUT2D eigenvalue weighted by Gasteiger charge is 2.25. The lowest BCUT2D eigenvalue weighted by molar-refractivity contribution is 0.412. The number of nitrogens with one attached hydrogen (secondary N) is 1. The third-order valence-corrected chi connectivity index (χ3v) is 6.95. The van der Waals surface area contributed by atoms with Crippen LogP contribution in [0.1, 0.15) is 52.5 Å². The number of hydrogen-bond donors (Lipinski definition) is 1. The molecule has 0 atom stereocenters. The van der Waals surface area contributed by atoms with Crippen molar-refractivity contribution in [1.29, 1.82) is 0 Å². The number of aryl methyl sites for hydroxylation is 1. The molecule has 0 amide bonds. The van der Waals surface area contributed by atoms with Gasteiger partial charge in [0.05, 0.1) is 7.11 Å². The Balaban J connectivity index is 0.000000845. The smallest absolute Gasteiger partial charge is 0.218 e. The summed E-state index contributed by atoms with van der Waals surface area (Å²) in [6.07, 6.45) is 9.34. The van der Waals surface area contributed by atoms with Crippen LogP contribution in [-0.2, 0) is 7.05 Å². The molecule has 3 aromatic heterocycles. The molecule has 0 radical (unpaired) electrons. The zero-order valence-electron chi connectivity index (χ0n) is 24.2. The van der Waals surface area contributed by atoms with Gasteiger partial charge in [0, 0.05) is 42.8 Å². The quantitative estimate of drug-likeness (QED) is 0.245. The van der Waals surface area contributed by atoms with Crippen molar-refractivity contribution in [2.45, 2.75) is 59.9 Å². The molecular weight excluding hydrogens is 484 g/mol. The van der Waals surface area contributed by atoms with Gasteiger partial charge in [-0.15, -0.1) is 5.10 Å². The molecule has 0 bridgehead atoms. The molecule has 39 heavy (non-hydrogen) atoms. The van der Waals surface area contributed by atoms with Gasteiger partial charge in [0.2, 0.25) is 5.82 Å². The van der Waals surface area contributed by atoms with Crippen molar-refractivity contribution in [1.82, 2.24) is 24.1 Å². The molecule has 1 N–H and O–H groups in total. The second kappa shape index (κ2) is 12.6. The van der Waals surface area contributed by atoms with Crippen LogP contribution in [0, 0.1) is 6.92 Å². The highest BCUT2D eigenvalue weighted by atomic mass is 16.5. The number of methoxy groups -OCH3 is 1. The summed E-state index contributed by atoms with van der Waals surface area (Å²) in [7, 11) is 3.68. The number of fused-ring (bicyclic) bond motifs is 1. The summed E-state index contributed by atoms with van der Waals surface area (Å²) in [4.78, 5) is 9.53. The minimum Gasteiger partial charge on any atom is -0.496 e. The predicted octanol–water partition coefficient (Wildman–Crippen LogP) is 7.80. The molecule has 1 fully saturated rings. The first-order valence-electron chi connectivity index (χ1n) is 14.0. The zero-order chi connectivity index (χ0) is 27.9. The van der Waals surface area contributed by atoms with Crippen molar-refractivity contribution in [3.63, 3.8) is 0 Å². The van der Waals surface area contributed by atoms with E-state index in [0.29, 0.717) is 11.9 Å². The fourth-order valence-corrected chi connectivity index (χ4v) is 4.83. The molecule has 1 aliphatic rings. The molecule has 0 aliphatic heterocycles. The van der Waals surface area contributed by atoms with Crippen LogP contribution in [0.25, 0.3) is 39.4 Å². The van der Waals surface area contributed by atoms with E-state index in [-0.39, 0.29) is 0 Å². The molecule has 5 aromatic rings. The van der Waals surface area contributed by atoms with Crippen LogP contribution >= 0.6 is 0 Å². The average molecular weight is 525 g/mol. The molecule has 1 aliphatic carbocycles. The van der Waals surface area contributed by atoms with E-state index in [2.05, 4.69) is 53.8 Å². The molecule has 0 unspecified atom stereocenters. The highest BCUT2D eigenvalue weighted by Crippen LogP contribution is 2.42. The van der Waals surface area contributed by atoms with Crippen LogP contribution in [0.15, 0.2) is 67.1 Å². The summed E-state index contributed by atoms with van der Waals surface area (Å²) in [5.41, 5.74) is 6.50. The van der Waals surface area contributed by atoms with E-state index in [0.717, 1.165) is 63.6 Å². The van der Waals surface area contributed by atoms with Crippen molar-refractivity contribution in [3.05, 3.63) is 72.7 Å². The standard InChI is InChI=1S/C28H28N6O.2C2H6/c1-18-21(13-8-14-23(18)35-3)22-17-34-25(24(22)19-9-5-4-6-10-19)26(30-20-11-7-12-20)31-27(32-34)28-29-15-16-33(28)2;2*1-2/h4-6,8-10,13-17,20H,7,11-12H2,1-3H3,(H,30,31,32);2*1-2H3. The maximum atomic E-state index is 5.65. The van der Waals surface area contributed by atoms with Crippen LogP contribution in [0.2, 0.25) is 0 Å². The van der Waals surface area contributed by atoms with Gasteiger partial charge in [-0.3, -0.25) is 0 Å². The zero-order valence-corrected chi connectivity index (χ0v) is 24.2. The van der Waals surface area contributed by atoms with Crippen LogP contribution in [-0.4, -0.2) is 37.3 Å². The molecule has 0 saturated heterocycles. The van der Waals surface area contributed by atoms with Crippen LogP contribution in [0.4, 0.5) is 5.82 Å². The van der Waals surface area contributed by atoms with Crippen molar-refractivity contribution < 1.29 is 4.74 Å². The van der Waals surface area contributed by atoms with Crippen molar-refractivity contribution >= 4 is 11.3 Å². The summed E-state index contributed by atoms with van der Waals surface area (Å²) in [6, 6.07) is 17.1. The van der Waals surface area contributed by atoms with E-state index in [1.807, 2.05) is 68.2 Å². The Morgan fingerprint density at radius 3 is 2.31 bits per heavy atom. The number of benzene rings is 2. The van der Waals surface area contributed by atoms with Gasteiger partial charge >= 0.3 is 0 Å². The van der Waals surface area contributed by atoms with Gasteiger partial charge in [0.15, 0.2) is 11.6 Å². The molecular formula is C32H40N6O. The summed E-state index contributed by atoms with van der Waals surface area (Å²) in [6.45, 7) is 10.1. The SMILES string of the molecule is CC.CC.COc1cccc(-c2cn3nc(-c4nccn4C)nc(NC4CCC4)c3c2-c2ccccc2)c1C. The fourth-order valence-electron chi connectivity index (χ4n) is 4.83. The first kappa shape index (κ1) is 27.9. The Kier molecular flexibility index (Phi) is 9.02. The lowest BCUT2D eigenvalue weighted by Crippen LogP contribution is -2.28. The second-order valence-corrected chi connectivity index (χ2v) is 9.13. The topological polar surface area (TPSA) is 69.3 Å². The van der Waals surface area contributed by atoms with Crippen molar-refractivity contribution in [2.24, 2.45) is 7.05 Å². The Morgan fingerprint density at radius 1 is 0.949 bits per heavy atom. The lowest BCUT2D eigenvalue weighted by atomic mass is 9.92. The minimum atomic E-state index is 0.420. The van der Waals surface area contributed by atoms with Gasteiger partial charge in [-0.2, -0.15) is 0 Å². The molecule has 6 rings (SSSR count). The Bertz CT molecular complexity index is 1520. The van der Waals surface area contributed by atoms with Gasteiger partial charge in [-0.25, -0.2) is 14.5 Å². The molecule has 1 saturated carbocycles. The maximum absolute atomic E-state index is 5.65. The lowest BCUT2D eigenvalue weighted by Gasteiger charge is -2.27. The fraction of sp³-hybridized carbons (Fsp3) is 0.344. The average Bonchev–Trinajstić information content (AvgIpc) is 3.57. The molecule has 0 spiro atoms. The van der Waals surface area contributed by atoms with Gasteiger partial charge < -0.3 is 14.6 Å². The van der Waals surface area contributed by atoms with E-state index in [1.54, 1.807) is 13.3 Å². The molecule has 204 valence electrons. The van der Waals surface area contributed by atoms with Crippen molar-refractivity contribution in [3.8, 4) is 39.7 Å². The van der Waals surface area contributed by atoms with Gasteiger partial charge in [-0.05, 0) is 48.9 Å². The first-order valence-corrected chi connectivity index (χ1v) is 14.0. The van der Waals surface area contributed by atoms with E-state index >= 15 is 0 Å². The maximum Gasteiger partial charge on any atom is 0.218 e. The van der Waals surface area contributed by atoms with Crippen LogP contribution < -0.4 is 10.1 Å². The number of rotatable bonds is 6. The summed E-state index contributed by atoms with van der Waals surface area (Å²) < 4.78 is 9.56. The number of nitrogens with zero attached hydrogens (tertiary/aromatic N) is 5. The predicted molar refractivity (Wildman–Crippen MR) is 161 cm³/mol. The van der Waals surface area contributed by atoms with E-state index in [1.165, 1.54) is 6.42 Å². The van der Waals surface area contributed by atoms with E-state index in [4.69, 9.17) is 14.8 Å². The summed E-state index contributed by atoms with van der Waals surface area (Å²) >= 11 is 0. The number of ether oxygens (including phenoxy) is 1.